The van der Waals surface area contributed by atoms with Gasteiger partial charge in [-0.05, 0) is 50.3 Å². The van der Waals surface area contributed by atoms with Crippen LogP contribution in [0.15, 0.2) is 41.7 Å². The fraction of sp³-hybridized carbons (Fsp3) is 0.524. The summed E-state index contributed by atoms with van der Waals surface area (Å²) in [5.74, 6) is 1.43. The van der Waals surface area contributed by atoms with Crippen molar-refractivity contribution in [2.45, 2.75) is 32.8 Å². The molecule has 2 atom stereocenters. The highest BCUT2D eigenvalue weighted by molar-refractivity contribution is 14.0. The maximum atomic E-state index is 13.8. The Morgan fingerprint density at radius 3 is 2.90 bits per heavy atom. The third kappa shape index (κ3) is 6.87. The van der Waals surface area contributed by atoms with Crippen molar-refractivity contribution in [1.29, 1.82) is 0 Å². The van der Waals surface area contributed by atoms with E-state index >= 15 is 0 Å². The molecule has 0 amide bonds. The fourth-order valence-corrected chi connectivity index (χ4v) is 3.54. The van der Waals surface area contributed by atoms with Gasteiger partial charge in [-0.2, -0.15) is 5.10 Å². The van der Waals surface area contributed by atoms with Gasteiger partial charge in [0.25, 0.3) is 0 Å². The molecule has 6 nitrogen and oxygen atoms in total. The number of benzene rings is 1. The molecule has 8 heteroatoms. The van der Waals surface area contributed by atoms with Crippen molar-refractivity contribution in [3.63, 3.8) is 0 Å². The Bertz CT molecular complexity index is 797. The highest BCUT2D eigenvalue weighted by Gasteiger charge is 2.25. The zero-order valence-electron chi connectivity index (χ0n) is 17.3. The van der Waals surface area contributed by atoms with Gasteiger partial charge in [0, 0.05) is 32.9 Å². The monoisotopic (exact) mass is 515 g/mol. The molecule has 2 unspecified atom stereocenters. The van der Waals surface area contributed by atoms with Crippen LogP contribution in [0.4, 0.5) is 4.39 Å². The molecule has 1 aromatic carbocycles. The van der Waals surface area contributed by atoms with E-state index in [1.54, 1.807) is 18.2 Å². The molecule has 1 aromatic heterocycles. The normalized spacial score (nSPS) is 17.7. The van der Waals surface area contributed by atoms with Crippen LogP contribution in [0.2, 0.25) is 0 Å². The minimum Gasteiger partial charge on any atom is -0.486 e. The number of hydrogen-bond acceptors (Lipinski definition) is 3. The third-order valence-electron chi connectivity index (χ3n) is 4.87. The lowest BCUT2D eigenvalue weighted by Crippen LogP contribution is -2.40. The molecule has 0 aliphatic carbocycles. The summed E-state index contributed by atoms with van der Waals surface area (Å²) in [6.07, 6.45) is 6.00. The molecule has 3 rings (SSSR count). The highest BCUT2D eigenvalue weighted by Crippen LogP contribution is 2.21. The van der Waals surface area contributed by atoms with Crippen LogP contribution in [-0.4, -0.2) is 52.9 Å². The van der Waals surface area contributed by atoms with E-state index < -0.39 is 0 Å². The van der Waals surface area contributed by atoms with E-state index in [-0.39, 0.29) is 41.6 Å². The van der Waals surface area contributed by atoms with E-state index in [4.69, 9.17) is 9.73 Å². The number of rotatable bonds is 7. The number of halogens is 2. The number of guanidine groups is 1. The van der Waals surface area contributed by atoms with Gasteiger partial charge in [0.1, 0.15) is 6.10 Å². The summed E-state index contributed by atoms with van der Waals surface area (Å²) < 4.78 is 21.3. The molecule has 1 saturated heterocycles. The first-order valence-electron chi connectivity index (χ1n) is 9.97. The number of aromatic nitrogens is 2. The fourth-order valence-electron chi connectivity index (χ4n) is 3.54. The summed E-state index contributed by atoms with van der Waals surface area (Å²) in [5.41, 5.74) is 1.28. The molecule has 1 aliphatic heterocycles. The summed E-state index contributed by atoms with van der Waals surface area (Å²) >= 11 is 0. The number of aliphatic imine (C=N–C) groups is 1. The van der Waals surface area contributed by atoms with Gasteiger partial charge in [-0.3, -0.25) is 4.68 Å². The van der Waals surface area contributed by atoms with E-state index in [9.17, 15) is 4.39 Å². The lowest BCUT2D eigenvalue weighted by molar-refractivity contribution is 0.219. The molecule has 0 radical (unpaired) electrons. The largest absolute Gasteiger partial charge is 0.486 e. The van der Waals surface area contributed by atoms with Crippen molar-refractivity contribution in [3.8, 4) is 5.75 Å². The molecule has 2 aromatic rings. The predicted molar refractivity (Wildman–Crippen MR) is 124 cm³/mol. The number of aryl methyl sites for hydroxylation is 1. The molecule has 0 saturated carbocycles. The molecule has 2 heterocycles. The van der Waals surface area contributed by atoms with Crippen molar-refractivity contribution in [2.24, 2.45) is 18.0 Å². The molecule has 160 valence electrons. The van der Waals surface area contributed by atoms with Gasteiger partial charge in [-0.15, -0.1) is 24.0 Å². The van der Waals surface area contributed by atoms with E-state index in [0.29, 0.717) is 12.5 Å². The standard InChI is InChI=1S/C21H30FN5O.HI/c1-4-23-21(24-12-16(2)28-20-8-6-5-7-19(20)22)27-10-9-17(15-27)11-18-13-25-26(3)14-18;/h5-8,13-14,16-17H,4,9-12,15H2,1-3H3,(H,23,24);1H. The first-order valence-corrected chi connectivity index (χ1v) is 9.97. The van der Waals surface area contributed by atoms with Gasteiger partial charge in [0.05, 0.1) is 12.7 Å². The van der Waals surface area contributed by atoms with Crippen LogP contribution in [0.5, 0.6) is 5.75 Å². The van der Waals surface area contributed by atoms with Gasteiger partial charge in [0.2, 0.25) is 0 Å². The zero-order chi connectivity index (χ0) is 19.9. The summed E-state index contributed by atoms with van der Waals surface area (Å²) in [6.45, 7) is 7.22. The van der Waals surface area contributed by atoms with Crippen LogP contribution in [0.1, 0.15) is 25.8 Å². The Morgan fingerprint density at radius 1 is 1.41 bits per heavy atom. The Kier molecular flexibility index (Phi) is 9.19. The molecule has 29 heavy (non-hydrogen) atoms. The molecule has 0 bridgehead atoms. The smallest absolute Gasteiger partial charge is 0.194 e. The molecular weight excluding hydrogens is 484 g/mol. The van der Waals surface area contributed by atoms with Crippen molar-refractivity contribution < 1.29 is 9.13 Å². The van der Waals surface area contributed by atoms with Crippen LogP contribution in [0, 0.1) is 11.7 Å². The zero-order valence-corrected chi connectivity index (χ0v) is 19.7. The Hall–Kier alpha value is -1.84. The molecular formula is C21H31FIN5O. The predicted octanol–water partition coefficient (Wildman–Crippen LogP) is 3.47. The van der Waals surface area contributed by atoms with Crippen molar-refractivity contribution in [3.05, 3.63) is 48.0 Å². The summed E-state index contributed by atoms with van der Waals surface area (Å²) in [4.78, 5) is 7.04. The Balaban J connectivity index is 0.00000300. The Labute approximate surface area is 189 Å². The van der Waals surface area contributed by atoms with Gasteiger partial charge in [0.15, 0.2) is 17.5 Å². The highest BCUT2D eigenvalue weighted by atomic mass is 127. The average molecular weight is 515 g/mol. The second-order valence-electron chi connectivity index (χ2n) is 7.38. The number of ether oxygens (including phenoxy) is 1. The van der Waals surface area contributed by atoms with Crippen LogP contribution >= 0.6 is 24.0 Å². The lowest BCUT2D eigenvalue weighted by Gasteiger charge is -2.22. The Morgan fingerprint density at radius 2 is 2.21 bits per heavy atom. The number of nitrogens with zero attached hydrogens (tertiary/aromatic N) is 4. The van der Waals surface area contributed by atoms with Crippen LogP contribution in [0.25, 0.3) is 0 Å². The van der Waals surface area contributed by atoms with Crippen LogP contribution < -0.4 is 10.1 Å². The van der Waals surface area contributed by atoms with E-state index in [0.717, 1.165) is 38.4 Å². The number of nitrogens with one attached hydrogen (secondary N) is 1. The van der Waals surface area contributed by atoms with Gasteiger partial charge in [-0.1, -0.05) is 12.1 Å². The lowest BCUT2D eigenvalue weighted by atomic mass is 10.0. The number of likely N-dealkylation sites (tertiary alicyclic amines) is 1. The second-order valence-corrected chi connectivity index (χ2v) is 7.38. The van der Waals surface area contributed by atoms with Crippen molar-refractivity contribution in [2.75, 3.05) is 26.2 Å². The summed E-state index contributed by atoms with van der Waals surface area (Å²) in [5, 5.41) is 7.63. The van der Waals surface area contributed by atoms with Crippen LogP contribution in [0.3, 0.4) is 0 Å². The summed E-state index contributed by atoms with van der Waals surface area (Å²) in [7, 11) is 1.95. The number of hydrogen-bond donors (Lipinski definition) is 1. The topological polar surface area (TPSA) is 54.7 Å². The minimum absolute atomic E-state index is 0. The number of para-hydroxylation sites is 1. The quantitative estimate of drug-likeness (QED) is 0.349. The average Bonchev–Trinajstić information content (AvgIpc) is 3.30. The van der Waals surface area contributed by atoms with E-state index in [1.807, 2.05) is 24.9 Å². The maximum Gasteiger partial charge on any atom is 0.194 e. The molecule has 0 spiro atoms. The van der Waals surface area contributed by atoms with Gasteiger partial charge < -0.3 is 15.0 Å². The molecule has 1 fully saturated rings. The second kappa shape index (κ2) is 11.4. The van der Waals surface area contributed by atoms with Gasteiger partial charge in [-0.25, -0.2) is 9.38 Å². The minimum atomic E-state index is -0.344. The first-order chi connectivity index (χ1) is 13.5. The third-order valence-corrected chi connectivity index (χ3v) is 4.87. The molecule has 1 N–H and O–H groups in total. The molecule has 1 aliphatic rings. The SMILES string of the molecule is CCNC(=NCC(C)Oc1ccccc1F)N1CCC(Cc2cnn(C)c2)C1.I. The van der Waals surface area contributed by atoms with E-state index in [1.165, 1.54) is 11.6 Å². The van der Waals surface area contributed by atoms with Gasteiger partial charge >= 0.3 is 0 Å². The van der Waals surface area contributed by atoms with Crippen molar-refractivity contribution >= 4 is 29.9 Å². The van der Waals surface area contributed by atoms with Crippen molar-refractivity contribution in [1.82, 2.24) is 20.0 Å². The summed E-state index contributed by atoms with van der Waals surface area (Å²) in [6, 6.07) is 6.47. The van der Waals surface area contributed by atoms with E-state index in [2.05, 4.69) is 28.4 Å². The first kappa shape index (κ1) is 23.4. The van der Waals surface area contributed by atoms with Crippen LogP contribution in [-0.2, 0) is 13.5 Å². The maximum absolute atomic E-state index is 13.8.